The lowest BCUT2D eigenvalue weighted by atomic mass is 9.93. The summed E-state index contributed by atoms with van der Waals surface area (Å²) >= 11 is 0. The van der Waals surface area contributed by atoms with Gasteiger partial charge >= 0.3 is 0 Å². The molecule has 0 fully saturated rings. The van der Waals surface area contributed by atoms with Crippen LogP contribution >= 0.6 is 0 Å². The van der Waals surface area contributed by atoms with Crippen LogP contribution in [0.1, 0.15) is 47.6 Å². The Morgan fingerprint density at radius 2 is 2.03 bits per heavy atom. The van der Waals surface area contributed by atoms with Gasteiger partial charge in [0, 0.05) is 30.7 Å². The Morgan fingerprint density at radius 3 is 2.80 bits per heavy atom. The molecule has 0 aliphatic carbocycles. The first kappa shape index (κ1) is 19.9. The molecule has 2 aromatic carbocycles. The van der Waals surface area contributed by atoms with Gasteiger partial charge in [0.05, 0.1) is 6.42 Å². The topological polar surface area (TPSA) is 73.2 Å². The van der Waals surface area contributed by atoms with E-state index in [4.69, 9.17) is 4.74 Å². The molecule has 1 amide bonds. The fraction of sp³-hybridized carbons (Fsp3) is 0.292. The van der Waals surface area contributed by atoms with Gasteiger partial charge in [-0.25, -0.2) is 4.98 Å². The van der Waals surface area contributed by atoms with Gasteiger partial charge in [0.1, 0.15) is 11.4 Å². The first-order valence-corrected chi connectivity index (χ1v) is 10.0. The molecule has 0 saturated heterocycles. The zero-order valence-electron chi connectivity index (χ0n) is 17.4. The summed E-state index contributed by atoms with van der Waals surface area (Å²) < 4.78 is 7.69. The van der Waals surface area contributed by atoms with E-state index in [1.54, 1.807) is 48.3 Å². The highest BCUT2D eigenvalue weighted by Crippen LogP contribution is 2.33. The van der Waals surface area contributed by atoms with Crippen molar-refractivity contribution in [3.8, 4) is 5.75 Å². The summed E-state index contributed by atoms with van der Waals surface area (Å²) in [4.78, 5) is 29.3. The number of nitrogens with one attached hydrogen (secondary N) is 1. The molecule has 3 aromatic rings. The molecule has 0 unspecified atom stereocenters. The normalized spacial score (nSPS) is 14.5. The minimum absolute atomic E-state index is 0.131. The number of ether oxygens (including phenoxy) is 1. The van der Waals surface area contributed by atoms with Gasteiger partial charge in [0.15, 0.2) is 5.82 Å². The molecule has 30 heavy (non-hydrogen) atoms. The minimum Gasteiger partial charge on any atom is -0.488 e. The third-order valence-corrected chi connectivity index (χ3v) is 5.31. The molecular formula is C24H25N3O3. The monoisotopic (exact) mass is 403 g/mol. The van der Waals surface area contributed by atoms with Crippen LogP contribution in [0.4, 0.5) is 5.69 Å². The predicted molar refractivity (Wildman–Crippen MR) is 115 cm³/mol. The summed E-state index contributed by atoms with van der Waals surface area (Å²) in [5, 5.41) is 2.89. The van der Waals surface area contributed by atoms with Crippen molar-refractivity contribution in [1.29, 1.82) is 0 Å². The summed E-state index contributed by atoms with van der Waals surface area (Å²) in [7, 11) is 1.77. The number of anilines is 1. The molecule has 0 atom stereocenters. The van der Waals surface area contributed by atoms with E-state index in [1.807, 2.05) is 18.2 Å². The fourth-order valence-corrected chi connectivity index (χ4v) is 3.66. The third kappa shape index (κ3) is 4.27. The van der Waals surface area contributed by atoms with Crippen molar-refractivity contribution in [2.24, 2.45) is 7.05 Å². The van der Waals surface area contributed by atoms with Crippen LogP contribution in [-0.2, 0) is 24.7 Å². The number of aryl methyl sites for hydroxylation is 2. The van der Waals surface area contributed by atoms with E-state index in [-0.39, 0.29) is 23.7 Å². The third-order valence-electron chi connectivity index (χ3n) is 5.31. The van der Waals surface area contributed by atoms with E-state index in [1.165, 1.54) is 0 Å². The molecule has 4 rings (SSSR count). The van der Waals surface area contributed by atoms with Crippen LogP contribution in [0.2, 0.25) is 0 Å². The lowest BCUT2D eigenvalue weighted by Crippen LogP contribution is -2.32. The molecule has 1 aliphatic rings. The lowest BCUT2D eigenvalue weighted by molar-refractivity contribution is -0.115. The summed E-state index contributed by atoms with van der Waals surface area (Å²) in [5.41, 5.74) is 3.00. The highest BCUT2D eigenvalue weighted by atomic mass is 16.5. The van der Waals surface area contributed by atoms with Crippen LogP contribution in [0, 0.1) is 0 Å². The standard InChI is InChI=1S/C24H25N3O3/c1-24(2)10-9-17-13-16(7-8-20(17)30-24)14-21(28)26-19-6-4-5-18(15-19)22(29)23-25-11-12-27(23)3/h4-8,11-13,15H,9-10,14H2,1-3H3,(H,26,28). The van der Waals surface area contributed by atoms with Gasteiger partial charge in [-0.3, -0.25) is 9.59 Å². The second kappa shape index (κ2) is 7.78. The zero-order valence-corrected chi connectivity index (χ0v) is 17.4. The summed E-state index contributed by atoms with van der Waals surface area (Å²) in [6.07, 6.45) is 5.46. The molecule has 0 bridgehead atoms. The lowest BCUT2D eigenvalue weighted by Gasteiger charge is -2.32. The van der Waals surface area contributed by atoms with Crippen molar-refractivity contribution in [2.75, 3.05) is 5.32 Å². The maximum absolute atomic E-state index is 12.6. The van der Waals surface area contributed by atoms with Crippen LogP contribution in [0.15, 0.2) is 54.9 Å². The number of rotatable bonds is 5. The largest absolute Gasteiger partial charge is 0.488 e. The van der Waals surface area contributed by atoms with Crippen LogP contribution in [-0.4, -0.2) is 26.8 Å². The van der Waals surface area contributed by atoms with Crippen LogP contribution < -0.4 is 10.1 Å². The Hall–Kier alpha value is -3.41. The van der Waals surface area contributed by atoms with Crippen LogP contribution in [0.3, 0.4) is 0 Å². The van der Waals surface area contributed by atoms with E-state index in [9.17, 15) is 9.59 Å². The van der Waals surface area contributed by atoms with Crippen LogP contribution in [0.5, 0.6) is 5.75 Å². The molecule has 154 valence electrons. The van der Waals surface area contributed by atoms with E-state index >= 15 is 0 Å². The molecule has 1 aliphatic heterocycles. The number of hydrogen-bond donors (Lipinski definition) is 1. The van der Waals surface area contributed by atoms with E-state index < -0.39 is 0 Å². The first-order chi connectivity index (χ1) is 14.3. The molecule has 0 spiro atoms. The van der Waals surface area contributed by atoms with Crippen molar-refractivity contribution in [3.05, 3.63) is 77.4 Å². The Labute approximate surface area is 175 Å². The van der Waals surface area contributed by atoms with E-state index in [2.05, 4.69) is 24.1 Å². The van der Waals surface area contributed by atoms with Crippen molar-refractivity contribution < 1.29 is 14.3 Å². The van der Waals surface area contributed by atoms with Gasteiger partial charge in [0.2, 0.25) is 11.7 Å². The maximum atomic E-state index is 12.6. The number of nitrogens with zero attached hydrogens (tertiary/aromatic N) is 2. The molecule has 2 heterocycles. The quantitative estimate of drug-likeness (QED) is 0.655. The Bertz CT molecular complexity index is 1110. The smallest absolute Gasteiger partial charge is 0.228 e. The van der Waals surface area contributed by atoms with Crippen molar-refractivity contribution in [2.45, 2.75) is 38.7 Å². The van der Waals surface area contributed by atoms with Crippen molar-refractivity contribution in [3.63, 3.8) is 0 Å². The molecular weight excluding hydrogens is 378 g/mol. The molecule has 6 nitrogen and oxygen atoms in total. The second-order valence-electron chi connectivity index (χ2n) is 8.30. The van der Waals surface area contributed by atoms with Crippen molar-refractivity contribution in [1.82, 2.24) is 9.55 Å². The number of carbonyl (C=O) groups excluding carboxylic acids is 2. The van der Waals surface area contributed by atoms with Gasteiger partial charge in [-0.2, -0.15) is 0 Å². The molecule has 0 radical (unpaired) electrons. The number of aromatic nitrogens is 2. The number of hydrogen-bond acceptors (Lipinski definition) is 4. The number of ketones is 1. The SMILES string of the molecule is Cn1ccnc1C(=O)c1cccc(NC(=O)Cc2ccc3c(c2)CCC(C)(C)O3)c1. The maximum Gasteiger partial charge on any atom is 0.228 e. The van der Waals surface area contributed by atoms with E-state index in [0.717, 1.165) is 29.7 Å². The Balaban J connectivity index is 1.44. The average molecular weight is 403 g/mol. The molecule has 1 N–H and O–H groups in total. The van der Waals surface area contributed by atoms with Gasteiger partial charge < -0.3 is 14.6 Å². The number of benzene rings is 2. The average Bonchev–Trinajstić information content (AvgIpc) is 3.13. The van der Waals surface area contributed by atoms with Gasteiger partial charge in [-0.05, 0) is 56.0 Å². The second-order valence-corrected chi connectivity index (χ2v) is 8.30. The number of imidazole rings is 1. The van der Waals surface area contributed by atoms with Crippen molar-refractivity contribution >= 4 is 17.4 Å². The Kier molecular flexibility index (Phi) is 5.16. The molecule has 1 aromatic heterocycles. The van der Waals surface area contributed by atoms with Gasteiger partial charge in [-0.1, -0.05) is 24.3 Å². The van der Waals surface area contributed by atoms with Gasteiger partial charge in [0.25, 0.3) is 0 Å². The number of carbonyl (C=O) groups is 2. The van der Waals surface area contributed by atoms with E-state index in [0.29, 0.717) is 17.1 Å². The number of amides is 1. The minimum atomic E-state index is -0.184. The molecule has 0 saturated carbocycles. The first-order valence-electron chi connectivity index (χ1n) is 10.0. The summed E-state index contributed by atoms with van der Waals surface area (Å²) in [5.74, 6) is 0.943. The highest BCUT2D eigenvalue weighted by Gasteiger charge is 2.26. The van der Waals surface area contributed by atoms with Gasteiger partial charge in [-0.15, -0.1) is 0 Å². The zero-order chi connectivity index (χ0) is 21.3. The summed E-state index contributed by atoms with van der Waals surface area (Å²) in [6.45, 7) is 4.17. The predicted octanol–water partition coefficient (Wildman–Crippen LogP) is 3.94. The fourth-order valence-electron chi connectivity index (χ4n) is 3.66. The number of fused-ring (bicyclic) bond motifs is 1. The summed E-state index contributed by atoms with van der Waals surface area (Å²) in [6, 6.07) is 12.9. The Morgan fingerprint density at radius 1 is 1.20 bits per heavy atom. The highest BCUT2D eigenvalue weighted by molar-refractivity contribution is 6.07. The van der Waals surface area contributed by atoms with Crippen LogP contribution in [0.25, 0.3) is 0 Å². The molecule has 6 heteroatoms.